The molecule has 0 aromatic heterocycles. The van der Waals surface area contributed by atoms with Crippen LogP contribution in [0.5, 0.6) is 0 Å². The molecule has 2 aliphatic rings. The third kappa shape index (κ3) is 9.70. The van der Waals surface area contributed by atoms with Gasteiger partial charge in [-0.3, -0.25) is 9.59 Å². The molecular weight excluding hydrogens is 608 g/mol. The van der Waals surface area contributed by atoms with Crippen LogP contribution in [-0.2, 0) is 68.3 Å². The minimum absolute atomic E-state index is 0.0103. The summed E-state index contributed by atoms with van der Waals surface area (Å²) in [4.78, 5) is 48.4. The number of aliphatic hydroxyl groups excluding tert-OH is 2. The van der Waals surface area contributed by atoms with Gasteiger partial charge in [-0.1, -0.05) is 30.3 Å². The molecule has 1 aromatic rings. The molecule has 10 atom stereocenters. The van der Waals surface area contributed by atoms with Crippen LogP contribution in [0.3, 0.4) is 0 Å². The summed E-state index contributed by atoms with van der Waals surface area (Å²) in [6.45, 7) is 0.997. The van der Waals surface area contributed by atoms with E-state index in [2.05, 4.69) is 9.47 Å². The van der Waals surface area contributed by atoms with Crippen molar-refractivity contribution in [1.82, 2.24) is 0 Å². The van der Waals surface area contributed by atoms with Gasteiger partial charge < -0.3 is 62.3 Å². The largest absolute Gasteiger partial charge is 0.508 e. The van der Waals surface area contributed by atoms with Gasteiger partial charge in [0.2, 0.25) is 0 Å². The molecule has 0 unspecified atom stereocenters. The number of carbonyl (C=O) groups is 4. The van der Waals surface area contributed by atoms with Crippen LogP contribution in [0.2, 0.25) is 0 Å². The fourth-order valence-electron chi connectivity index (χ4n) is 4.72. The Bertz CT molecular complexity index is 1120. The molecule has 17 heteroatoms. The number of aliphatic hydroxyl groups is 2. The zero-order chi connectivity index (χ0) is 33.1. The van der Waals surface area contributed by atoms with E-state index >= 15 is 0 Å². The van der Waals surface area contributed by atoms with E-state index in [1.54, 1.807) is 24.3 Å². The molecule has 2 fully saturated rings. The van der Waals surface area contributed by atoms with Crippen LogP contribution in [0.25, 0.3) is 0 Å². The Morgan fingerprint density at radius 2 is 1.38 bits per heavy atom. The van der Waals surface area contributed by atoms with Crippen molar-refractivity contribution in [2.24, 2.45) is 0 Å². The van der Waals surface area contributed by atoms with Gasteiger partial charge in [0.25, 0.3) is 0 Å². The molecule has 0 bridgehead atoms. The van der Waals surface area contributed by atoms with Crippen molar-refractivity contribution in [1.29, 1.82) is 0 Å². The van der Waals surface area contributed by atoms with E-state index in [1.807, 2.05) is 6.07 Å². The predicted molar refractivity (Wildman–Crippen MR) is 144 cm³/mol. The second kappa shape index (κ2) is 17.2. The van der Waals surface area contributed by atoms with Crippen molar-refractivity contribution in [2.45, 2.75) is 81.9 Å². The molecule has 17 nitrogen and oxygen atoms in total. The lowest BCUT2D eigenvalue weighted by molar-refractivity contribution is -0.363. The summed E-state index contributed by atoms with van der Waals surface area (Å²) in [6.07, 6.45) is -17.2. The quantitative estimate of drug-likeness (QED) is 0.229. The van der Waals surface area contributed by atoms with E-state index in [-0.39, 0.29) is 6.61 Å². The van der Waals surface area contributed by atoms with Gasteiger partial charge in [-0.15, -0.1) is 0 Å². The minimum atomic E-state index is -1.75. The lowest BCUT2D eigenvalue weighted by atomic mass is 9.96. The highest BCUT2D eigenvalue weighted by Crippen LogP contribution is 2.34. The first kappa shape index (κ1) is 35.9. The second-order valence-corrected chi connectivity index (χ2v) is 9.81. The lowest BCUT2D eigenvalue weighted by Gasteiger charge is -2.48. The van der Waals surface area contributed by atoms with Crippen LogP contribution in [0.15, 0.2) is 30.3 Å². The average molecular weight is 647 g/mol. The van der Waals surface area contributed by atoms with Crippen molar-refractivity contribution >= 4 is 24.2 Å². The number of hydrogen-bond donors (Lipinski definition) is 2. The first-order chi connectivity index (χ1) is 21.5. The molecule has 0 saturated carbocycles. The van der Waals surface area contributed by atoms with E-state index in [1.165, 1.54) is 7.11 Å². The molecule has 0 amide bonds. The average Bonchev–Trinajstić information content (AvgIpc) is 3.02. The molecule has 2 saturated heterocycles. The van der Waals surface area contributed by atoms with Crippen LogP contribution >= 0.6 is 0 Å². The zero-order valence-corrected chi connectivity index (χ0v) is 25.3. The number of esters is 2. The number of hydrogen-bond acceptors (Lipinski definition) is 17. The highest BCUT2D eigenvalue weighted by molar-refractivity contribution is 5.67. The Morgan fingerprint density at radius 3 is 1.93 bits per heavy atom. The Hall–Kier alpha value is -3.58. The van der Waals surface area contributed by atoms with Gasteiger partial charge in [0.1, 0.15) is 37.1 Å². The standard InChI is InChI=1S/C28H38O17/c1-14(30)38-13-18-20(40-15(2)31)22(44-27(33)36-4)24(45-28(34)37-5)26(42-18)43-21-19(32)17(11-29)41-25(35-3)23(21)39-12-16-9-7-6-8-10-16/h6-10,17-26,29,32H,11-13H2,1-5H3/t17-,18-,19+,20-,21+,22+,23-,24-,25+,26+/m1/s1. The van der Waals surface area contributed by atoms with Crippen LogP contribution in [0, 0.1) is 0 Å². The van der Waals surface area contributed by atoms with Crippen LogP contribution < -0.4 is 0 Å². The summed E-state index contributed by atoms with van der Waals surface area (Å²) in [5.74, 6) is -1.58. The normalized spacial score (nSPS) is 31.3. The molecule has 0 radical (unpaired) electrons. The Morgan fingerprint density at radius 1 is 0.756 bits per heavy atom. The number of methoxy groups -OCH3 is 3. The number of rotatable bonds is 12. The SMILES string of the molecule is COC(=O)O[C@@H]1[C@@H](OC(=O)OC)[C@H](O[C@H]2[C@@H](O)[C@@H](CO)O[C@H](OC)[C@@H]2OCc2ccccc2)O[C@H](COC(C)=O)[C@H]1OC(C)=O. The number of ether oxygens (including phenoxy) is 11. The molecule has 0 spiro atoms. The highest BCUT2D eigenvalue weighted by Gasteiger charge is 2.56. The van der Waals surface area contributed by atoms with E-state index in [0.29, 0.717) is 0 Å². The molecule has 45 heavy (non-hydrogen) atoms. The molecule has 1 aromatic carbocycles. The monoisotopic (exact) mass is 646 g/mol. The van der Waals surface area contributed by atoms with Crippen molar-refractivity contribution < 1.29 is 81.5 Å². The van der Waals surface area contributed by atoms with Crippen molar-refractivity contribution in [3.8, 4) is 0 Å². The molecule has 2 aliphatic heterocycles. The minimum Gasteiger partial charge on any atom is -0.463 e. The van der Waals surface area contributed by atoms with E-state index in [4.69, 9.17) is 42.6 Å². The Labute approximate surface area is 258 Å². The Kier molecular flexibility index (Phi) is 13.7. The molecule has 0 aliphatic carbocycles. The molecule has 3 rings (SSSR count). The summed E-state index contributed by atoms with van der Waals surface area (Å²) in [5.41, 5.74) is 0.753. The first-order valence-corrected chi connectivity index (χ1v) is 13.8. The van der Waals surface area contributed by atoms with Crippen LogP contribution in [0.1, 0.15) is 19.4 Å². The third-order valence-electron chi connectivity index (χ3n) is 6.75. The number of benzene rings is 1. The smallest absolute Gasteiger partial charge is 0.463 e. The van der Waals surface area contributed by atoms with Gasteiger partial charge in [-0.2, -0.15) is 0 Å². The molecule has 252 valence electrons. The maximum absolute atomic E-state index is 12.4. The highest BCUT2D eigenvalue weighted by atomic mass is 16.8. The lowest BCUT2D eigenvalue weighted by Crippen LogP contribution is -2.66. The summed E-state index contributed by atoms with van der Waals surface area (Å²) < 4.78 is 59.8. The van der Waals surface area contributed by atoms with E-state index < -0.39 is 98.9 Å². The van der Waals surface area contributed by atoms with E-state index in [0.717, 1.165) is 33.6 Å². The summed E-state index contributed by atoms with van der Waals surface area (Å²) >= 11 is 0. The van der Waals surface area contributed by atoms with Crippen molar-refractivity contribution in [3.63, 3.8) is 0 Å². The van der Waals surface area contributed by atoms with E-state index in [9.17, 15) is 29.4 Å². The second-order valence-electron chi connectivity index (χ2n) is 9.81. The third-order valence-corrected chi connectivity index (χ3v) is 6.75. The van der Waals surface area contributed by atoms with Crippen LogP contribution in [0.4, 0.5) is 9.59 Å². The summed E-state index contributed by atoms with van der Waals surface area (Å²) in [7, 11) is 3.33. The van der Waals surface area contributed by atoms with Crippen molar-refractivity contribution in [2.75, 3.05) is 34.5 Å². The maximum Gasteiger partial charge on any atom is 0.508 e. The van der Waals surface area contributed by atoms with Crippen molar-refractivity contribution in [3.05, 3.63) is 35.9 Å². The van der Waals surface area contributed by atoms with Gasteiger partial charge in [-0.05, 0) is 5.56 Å². The maximum atomic E-state index is 12.4. The summed E-state index contributed by atoms with van der Waals surface area (Å²) in [6, 6.07) is 8.99. The van der Waals surface area contributed by atoms with Crippen LogP contribution in [-0.4, -0.2) is 130 Å². The first-order valence-electron chi connectivity index (χ1n) is 13.8. The zero-order valence-electron chi connectivity index (χ0n) is 25.3. The summed E-state index contributed by atoms with van der Waals surface area (Å²) in [5, 5.41) is 21.2. The molecule has 2 N–H and O–H groups in total. The fraction of sp³-hybridized carbons (Fsp3) is 0.643. The fourth-order valence-corrected chi connectivity index (χ4v) is 4.72. The van der Waals surface area contributed by atoms with Gasteiger partial charge >= 0.3 is 24.2 Å². The molecule has 2 heterocycles. The van der Waals surface area contributed by atoms with Gasteiger partial charge in [0.15, 0.2) is 30.9 Å². The van der Waals surface area contributed by atoms with Gasteiger partial charge in [-0.25, -0.2) is 9.59 Å². The number of carbonyl (C=O) groups excluding carboxylic acids is 4. The molecular formula is C28H38O17. The topological polar surface area (TPSA) is 210 Å². The predicted octanol–water partition coefficient (Wildman–Crippen LogP) is 0.204. The van der Waals surface area contributed by atoms with Gasteiger partial charge in [0.05, 0.1) is 27.4 Å². The Balaban J connectivity index is 2.05. The van der Waals surface area contributed by atoms with Gasteiger partial charge in [0, 0.05) is 21.0 Å².